The number of hydrogen-bond donors (Lipinski definition) is 1. The molecule has 0 aliphatic rings. The molecule has 0 radical (unpaired) electrons. The minimum atomic E-state index is -0.690. The van der Waals surface area contributed by atoms with E-state index < -0.39 is 30.1 Å². The number of rotatable bonds is 6. The van der Waals surface area contributed by atoms with E-state index in [0.29, 0.717) is 5.69 Å². The van der Waals surface area contributed by atoms with Crippen LogP contribution in [0.1, 0.15) is 11.1 Å². The van der Waals surface area contributed by atoms with Gasteiger partial charge in [-0.15, -0.1) is 11.8 Å². The van der Waals surface area contributed by atoms with Gasteiger partial charge in [0.1, 0.15) is 11.6 Å². The minimum absolute atomic E-state index is 0.0111. The van der Waals surface area contributed by atoms with Gasteiger partial charge >= 0.3 is 5.97 Å². The lowest BCUT2D eigenvalue weighted by molar-refractivity contribution is -0.144. The first-order valence-corrected chi connectivity index (χ1v) is 8.45. The summed E-state index contributed by atoms with van der Waals surface area (Å²) >= 11 is 0.809. The topological polar surface area (TPSA) is 55.4 Å². The van der Waals surface area contributed by atoms with Crippen molar-refractivity contribution in [3.05, 3.63) is 59.2 Å². The standard InChI is InChI=1S/C18H17F2NO3S/c1-11-4-3-5-12(2)18(11)21-16(22)9-24-17(23)10-25-15-8-13(19)6-7-14(15)20/h3-8H,9-10H2,1-2H3,(H,21,22). The van der Waals surface area contributed by atoms with Crippen molar-refractivity contribution in [3.8, 4) is 0 Å². The van der Waals surface area contributed by atoms with E-state index in [2.05, 4.69) is 5.32 Å². The van der Waals surface area contributed by atoms with Gasteiger partial charge in [0.15, 0.2) is 6.61 Å². The smallest absolute Gasteiger partial charge is 0.316 e. The van der Waals surface area contributed by atoms with Gasteiger partial charge < -0.3 is 10.1 Å². The zero-order valence-corrected chi connectivity index (χ0v) is 14.6. The summed E-state index contributed by atoms with van der Waals surface area (Å²) in [4.78, 5) is 23.6. The summed E-state index contributed by atoms with van der Waals surface area (Å²) < 4.78 is 31.4. The third-order valence-electron chi connectivity index (χ3n) is 3.35. The second-order valence-corrected chi connectivity index (χ2v) is 6.36. The SMILES string of the molecule is Cc1cccc(C)c1NC(=O)COC(=O)CSc1cc(F)ccc1F. The highest BCUT2D eigenvalue weighted by molar-refractivity contribution is 8.00. The second kappa shape index (κ2) is 8.62. The lowest BCUT2D eigenvalue weighted by Crippen LogP contribution is -2.22. The maximum atomic E-state index is 13.4. The predicted octanol–water partition coefficient (Wildman–Crippen LogP) is 3.86. The van der Waals surface area contributed by atoms with Crippen LogP contribution in [0.4, 0.5) is 14.5 Å². The Morgan fingerprint density at radius 1 is 1.12 bits per heavy atom. The van der Waals surface area contributed by atoms with Crippen LogP contribution in [0.3, 0.4) is 0 Å². The molecule has 0 fully saturated rings. The summed E-state index contributed by atoms with van der Waals surface area (Å²) in [6, 6.07) is 8.58. The monoisotopic (exact) mass is 365 g/mol. The Morgan fingerprint density at radius 3 is 2.48 bits per heavy atom. The fourth-order valence-electron chi connectivity index (χ4n) is 2.10. The molecule has 0 spiro atoms. The number of anilines is 1. The highest BCUT2D eigenvalue weighted by atomic mass is 32.2. The Kier molecular flexibility index (Phi) is 6.52. The molecule has 1 amide bonds. The summed E-state index contributed by atoms with van der Waals surface area (Å²) in [6.07, 6.45) is 0. The van der Waals surface area contributed by atoms with Crippen LogP contribution in [0.5, 0.6) is 0 Å². The molecule has 2 aromatic rings. The van der Waals surface area contributed by atoms with Crippen molar-refractivity contribution in [1.82, 2.24) is 0 Å². The highest BCUT2D eigenvalue weighted by Crippen LogP contribution is 2.23. The molecule has 7 heteroatoms. The number of ether oxygens (including phenoxy) is 1. The lowest BCUT2D eigenvalue weighted by atomic mass is 10.1. The maximum Gasteiger partial charge on any atom is 0.316 e. The summed E-state index contributed by atoms with van der Waals surface area (Å²) in [5, 5.41) is 2.69. The average Bonchev–Trinajstić information content (AvgIpc) is 2.57. The van der Waals surface area contributed by atoms with E-state index in [1.54, 1.807) is 0 Å². The molecule has 1 N–H and O–H groups in total. The molecule has 0 saturated carbocycles. The minimum Gasteiger partial charge on any atom is -0.455 e. The van der Waals surface area contributed by atoms with Crippen LogP contribution < -0.4 is 5.32 Å². The average molecular weight is 365 g/mol. The van der Waals surface area contributed by atoms with Crippen LogP contribution in [-0.2, 0) is 14.3 Å². The molecule has 0 saturated heterocycles. The Morgan fingerprint density at radius 2 is 1.80 bits per heavy atom. The number of carbonyl (C=O) groups excluding carboxylic acids is 2. The van der Waals surface area contributed by atoms with Gasteiger partial charge in [-0.05, 0) is 43.2 Å². The van der Waals surface area contributed by atoms with Crippen LogP contribution >= 0.6 is 11.8 Å². The number of halogens is 2. The van der Waals surface area contributed by atoms with Gasteiger partial charge in [0.2, 0.25) is 0 Å². The van der Waals surface area contributed by atoms with E-state index in [0.717, 1.165) is 41.1 Å². The number of hydrogen-bond acceptors (Lipinski definition) is 4. The molecule has 132 valence electrons. The lowest BCUT2D eigenvalue weighted by Gasteiger charge is -2.11. The third-order valence-corrected chi connectivity index (χ3v) is 4.35. The largest absolute Gasteiger partial charge is 0.455 e. The Labute approximate surface area is 148 Å². The summed E-state index contributed by atoms with van der Waals surface area (Å²) in [7, 11) is 0. The van der Waals surface area contributed by atoms with Gasteiger partial charge in [-0.25, -0.2) is 8.78 Å². The fourth-order valence-corrected chi connectivity index (χ4v) is 2.86. The number of thioether (sulfide) groups is 1. The first kappa shape index (κ1) is 18.9. The van der Waals surface area contributed by atoms with Crippen LogP contribution in [0.25, 0.3) is 0 Å². The van der Waals surface area contributed by atoms with E-state index in [9.17, 15) is 18.4 Å². The molecule has 0 aliphatic carbocycles. The van der Waals surface area contributed by atoms with E-state index in [1.165, 1.54) is 0 Å². The van der Waals surface area contributed by atoms with Crippen molar-refractivity contribution in [3.63, 3.8) is 0 Å². The Balaban J connectivity index is 1.81. The molecule has 0 unspecified atom stereocenters. The molecule has 4 nitrogen and oxygen atoms in total. The first-order valence-electron chi connectivity index (χ1n) is 7.46. The molecule has 25 heavy (non-hydrogen) atoms. The zero-order valence-electron chi connectivity index (χ0n) is 13.8. The molecule has 0 heterocycles. The van der Waals surface area contributed by atoms with Crippen molar-refractivity contribution in [2.45, 2.75) is 18.7 Å². The fraction of sp³-hybridized carbons (Fsp3) is 0.222. The van der Waals surface area contributed by atoms with Crippen LogP contribution in [0.15, 0.2) is 41.3 Å². The Hall–Kier alpha value is -2.41. The normalized spacial score (nSPS) is 10.4. The van der Waals surface area contributed by atoms with Gasteiger partial charge in [0.25, 0.3) is 5.91 Å². The van der Waals surface area contributed by atoms with Crippen LogP contribution in [0, 0.1) is 25.5 Å². The number of esters is 1. The molecule has 2 aromatic carbocycles. The molecular formula is C18H17F2NO3S. The molecule has 0 atom stereocenters. The molecule has 0 bridgehead atoms. The summed E-state index contributed by atoms with van der Waals surface area (Å²) in [6.45, 7) is 3.27. The van der Waals surface area contributed by atoms with Gasteiger partial charge in [0.05, 0.1) is 5.75 Å². The number of aryl methyl sites for hydroxylation is 2. The van der Waals surface area contributed by atoms with Gasteiger partial charge in [-0.1, -0.05) is 18.2 Å². The van der Waals surface area contributed by atoms with Gasteiger partial charge in [0, 0.05) is 10.6 Å². The number of amides is 1. The predicted molar refractivity (Wildman–Crippen MR) is 92.6 cm³/mol. The number of para-hydroxylation sites is 1. The summed E-state index contributed by atoms with van der Waals surface area (Å²) in [5.74, 6) is -2.59. The van der Waals surface area contributed by atoms with Crippen molar-refractivity contribution in [2.24, 2.45) is 0 Å². The number of benzene rings is 2. The highest BCUT2D eigenvalue weighted by Gasteiger charge is 2.12. The molecule has 0 aromatic heterocycles. The van der Waals surface area contributed by atoms with Crippen molar-refractivity contribution in [2.75, 3.05) is 17.7 Å². The van der Waals surface area contributed by atoms with Gasteiger partial charge in [-0.2, -0.15) is 0 Å². The molecular weight excluding hydrogens is 348 g/mol. The zero-order chi connectivity index (χ0) is 18.4. The maximum absolute atomic E-state index is 13.4. The van der Waals surface area contributed by atoms with E-state index >= 15 is 0 Å². The number of carbonyl (C=O) groups is 2. The molecule has 2 rings (SSSR count). The van der Waals surface area contributed by atoms with E-state index in [4.69, 9.17) is 4.74 Å². The second-order valence-electron chi connectivity index (χ2n) is 5.34. The quantitative estimate of drug-likeness (QED) is 0.624. The Bertz CT molecular complexity index is 776. The van der Waals surface area contributed by atoms with Crippen molar-refractivity contribution >= 4 is 29.3 Å². The first-order chi connectivity index (χ1) is 11.9. The summed E-state index contributed by atoms with van der Waals surface area (Å²) in [5.41, 5.74) is 2.48. The molecule has 0 aliphatic heterocycles. The van der Waals surface area contributed by atoms with Crippen molar-refractivity contribution in [1.29, 1.82) is 0 Å². The van der Waals surface area contributed by atoms with E-state index in [-0.39, 0.29) is 10.6 Å². The van der Waals surface area contributed by atoms with E-state index in [1.807, 2.05) is 32.0 Å². The van der Waals surface area contributed by atoms with Crippen LogP contribution in [0.2, 0.25) is 0 Å². The van der Waals surface area contributed by atoms with Gasteiger partial charge in [-0.3, -0.25) is 9.59 Å². The van der Waals surface area contributed by atoms with Crippen LogP contribution in [-0.4, -0.2) is 24.2 Å². The van der Waals surface area contributed by atoms with Crippen molar-refractivity contribution < 1.29 is 23.1 Å². The number of nitrogens with one attached hydrogen (secondary N) is 1. The third kappa shape index (κ3) is 5.56.